The summed E-state index contributed by atoms with van der Waals surface area (Å²) >= 11 is 0. The molecule has 0 saturated heterocycles. The highest BCUT2D eigenvalue weighted by molar-refractivity contribution is 6.05. The molecule has 1 aliphatic rings. The summed E-state index contributed by atoms with van der Waals surface area (Å²) in [6.45, 7) is 1.97. The average molecular weight is 438 g/mol. The monoisotopic (exact) mass is 438 g/mol. The Hall–Kier alpha value is -3.45. The minimum Gasteiger partial charge on any atom is -0.362 e. The molecule has 3 aromatic rings. The quantitative estimate of drug-likeness (QED) is 0.592. The van der Waals surface area contributed by atoms with E-state index >= 15 is 0 Å². The van der Waals surface area contributed by atoms with Gasteiger partial charge in [0.05, 0.1) is 12.1 Å². The van der Waals surface area contributed by atoms with Crippen LogP contribution >= 0.6 is 0 Å². The van der Waals surface area contributed by atoms with Crippen molar-refractivity contribution in [2.75, 3.05) is 0 Å². The fourth-order valence-electron chi connectivity index (χ4n) is 3.63. The van der Waals surface area contributed by atoms with Gasteiger partial charge in [-0.25, -0.2) is 0 Å². The third kappa shape index (κ3) is 3.91. The third-order valence-corrected chi connectivity index (χ3v) is 5.57. The number of aryl methyl sites for hydroxylation is 1. The molecule has 0 saturated carbocycles. The highest BCUT2D eigenvalue weighted by Gasteiger charge is 2.63. The number of hydrogen-bond donors (Lipinski definition) is 1. The van der Waals surface area contributed by atoms with Gasteiger partial charge in [-0.2, -0.15) is 23.3 Å². The van der Waals surface area contributed by atoms with Crippen molar-refractivity contribution < 1.29 is 23.1 Å². The fourth-order valence-corrected chi connectivity index (χ4v) is 3.63. The lowest BCUT2D eigenvalue weighted by molar-refractivity contribution is -0.297. The van der Waals surface area contributed by atoms with Crippen LogP contribution in [0.1, 0.15) is 34.8 Å². The summed E-state index contributed by atoms with van der Waals surface area (Å²) in [5.41, 5.74) is -0.240. The zero-order valence-electron chi connectivity index (χ0n) is 17.3. The van der Waals surface area contributed by atoms with Crippen LogP contribution in [0.3, 0.4) is 0 Å². The van der Waals surface area contributed by atoms with Gasteiger partial charge in [-0.1, -0.05) is 73.7 Å². The summed E-state index contributed by atoms with van der Waals surface area (Å²) in [7, 11) is 0. The van der Waals surface area contributed by atoms with E-state index in [1.54, 1.807) is 36.4 Å². The zero-order chi connectivity index (χ0) is 22.9. The first-order valence-electron chi connectivity index (χ1n) is 10.2. The summed E-state index contributed by atoms with van der Waals surface area (Å²) < 4.78 is 41.5. The molecule has 0 fully saturated rings. The molecule has 0 radical (unpaired) electrons. The number of rotatable bonds is 4. The molecule has 0 unspecified atom stereocenters. The molecule has 1 atom stereocenters. The molecule has 0 spiro atoms. The Kier molecular flexibility index (Phi) is 5.60. The van der Waals surface area contributed by atoms with Crippen molar-refractivity contribution in [3.8, 4) is 11.1 Å². The van der Waals surface area contributed by atoms with Gasteiger partial charge in [-0.05, 0) is 40.8 Å². The molecule has 1 N–H and O–H groups in total. The largest absolute Gasteiger partial charge is 0.438 e. The van der Waals surface area contributed by atoms with E-state index in [2.05, 4.69) is 5.10 Å². The van der Waals surface area contributed by atoms with Crippen molar-refractivity contribution in [1.29, 1.82) is 0 Å². The molecule has 3 aromatic carbocycles. The van der Waals surface area contributed by atoms with Crippen molar-refractivity contribution >= 4 is 11.6 Å². The zero-order valence-corrected chi connectivity index (χ0v) is 17.3. The number of amides is 1. The maximum absolute atomic E-state index is 13.8. The maximum atomic E-state index is 13.8. The van der Waals surface area contributed by atoms with Gasteiger partial charge in [0.25, 0.3) is 11.6 Å². The summed E-state index contributed by atoms with van der Waals surface area (Å²) in [4.78, 5) is 13.0. The van der Waals surface area contributed by atoms with Gasteiger partial charge in [0.15, 0.2) is 0 Å². The van der Waals surface area contributed by atoms with Crippen molar-refractivity contribution in [1.82, 2.24) is 5.01 Å². The van der Waals surface area contributed by atoms with Gasteiger partial charge in [0, 0.05) is 5.56 Å². The van der Waals surface area contributed by atoms with Crippen molar-refractivity contribution in [3.05, 3.63) is 95.6 Å². The molecule has 1 amide bonds. The van der Waals surface area contributed by atoms with E-state index < -0.39 is 24.2 Å². The second-order valence-electron chi connectivity index (χ2n) is 7.65. The number of carbonyl (C=O) groups is 1. The van der Waals surface area contributed by atoms with Crippen LogP contribution < -0.4 is 0 Å². The number of carbonyl (C=O) groups excluding carboxylic acids is 1. The van der Waals surface area contributed by atoms with Gasteiger partial charge in [0.1, 0.15) is 0 Å². The van der Waals surface area contributed by atoms with Gasteiger partial charge in [-0.15, -0.1) is 0 Å². The molecule has 4 rings (SSSR count). The highest BCUT2D eigenvalue weighted by Crippen LogP contribution is 2.42. The normalized spacial score (nSPS) is 18.5. The lowest BCUT2D eigenvalue weighted by atomic mass is 9.99. The first-order chi connectivity index (χ1) is 15.2. The average Bonchev–Trinajstić information content (AvgIpc) is 3.18. The number of aliphatic hydroxyl groups is 1. The standard InChI is InChI=1S/C25H21F3N2O2/c1-2-17-8-10-20(11-9-17)22-16-24(32,25(26,27)28)30(29-22)23(31)21-14-12-19(13-15-21)18-6-4-3-5-7-18/h3-15,32H,2,16H2,1H3/t24-/m1/s1. The van der Waals surface area contributed by atoms with Crippen LogP contribution in [-0.4, -0.2) is 33.6 Å². The molecule has 7 heteroatoms. The fraction of sp³-hybridized carbons (Fsp3) is 0.200. The molecular weight excluding hydrogens is 417 g/mol. The van der Waals surface area contributed by atoms with E-state index in [1.807, 2.05) is 37.3 Å². The lowest BCUT2D eigenvalue weighted by Gasteiger charge is -2.32. The second kappa shape index (κ2) is 8.24. The molecule has 4 nitrogen and oxygen atoms in total. The Bertz CT molecular complexity index is 1140. The van der Waals surface area contributed by atoms with E-state index in [0.29, 0.717) is 5.56 Å². The minimum absolute atomic E-state index is 0.00122. The Morgan fingerprint density at radius 3 is 2.06 bits per heavy atom. The summed E-state index contributed by atoms with van der Waals surface area (Å²) in [5, 5.41) is 14.6. The summed E-state index contributed by atoms with van der Waals surface area (Å²) in [5.74, 6) is -1.02. The maximum Gasteiger partial charge on any atom is 0.438 e. The predicted octanol–water partition coefficient (Wildman–Crippen LogP) is 5.42. The van der Waals surface area contributed by atoms with Crippen LogP contribution in [0.5, 0.6) is 0 Å². The van der Waals surface area contributed by atoms with E-state index in [-0.39, 0.29) is 16.3 Å². The number of hydrazone groups is 1. The van der Waals surface area contributed by atoms with Crippen LogP contribution in [0.25, 0.3) is 11.1 Å². The second-order valence-corrected chi connectivity index (χ2v) is 7.65. The topological polar surface area (TPSA) is 52.9 Å². The first kappa shape index (κ1) is 21.8. The molecular formula is C25H21F3N2O2. The Labute approximate surface area is 183 Å². The van der Waals surface area contributed by atoms with Gasteiger partial charge in [-0.3, -0.25) is 4.79 Å². The Morgan fingerprint density at radius 2 is 1.50 bits per heavy atom. The number of benzene rings is 3. The van der Waals surface area contributed by atoms with Crippen LogP contribution in [0.15, 0.2) is 84.0 Å². The third-order valence-electron chi connectivity index (χ3n) is 5.57. The number of alkyl halides is 3. The first-order valence-corrected chi connectivity index (χ1v) is 10.2. The van der Waals surface area contributed by atoms with Gasteiger partial charge in [0.2, 0.25) is 0 Å². The van der Waals surface area contributed by atoms with Crippen LogP contribution in [0.2, 0.25) is 0 Å². The smallest absolute Gasteiger partial charge is 0.362 e. The molecule has 0 aromatic heterocycles. The van der Waals surface area contributed by atoms with Gasteiger partial charge < -0.3 is 5.11 Å². The number of halogens is 3. The van der Waals surface area contributed by atoms with Crippen molar-refractivity contribution in [2.45, 2.75) is 31.7 Å². The SMILES string of the molecule is CCc1ccc(C2=NN(C(=O)c3ccc(-c4ccccc4)cc3)[C@](O)(C(F)(F)F)C2)cc1. The van der Waals surface area contributed by atoms with Gasteiger partial charge >= 0.3 is 6.18 Å². The van der Waals surface area contributed by atoms with Crippen LogP contribution in [0, 0.1) is 0 Å². The summed E-state index contributed by atoms with van der Waals surface area (Å²) in [6.07, 6.45) is -5.14. The molecule has 0 bridgehead atoms. The summed E-state index contributed by atoms with van der Waals surface area (Å²) in [6, 6.07) is 22.4. The predicted molar refractivity (Wildman–Crippen MR) is 116 cm³/mol. The minimum atomic E-state index is -5.08. The molecule has 0 aliphatic carbocycles. The molecule has 32 heavy (non-hydrogen) atoms. The number of nitrogens with zero attached hydrogens (tertiary/aromatic N) is 2. The Balaban J connectivity index is 1.67. The molecule has 164 valence electrons. The Morgan fingerprint density at radius 1 is 0.938 bits per heavy atom. The van der Waals surface area contributed by atoms with Crippen molar-refractivity contribution in [3.63, 3.8) is 0 Å². The van der Waals surface area contributed by atoms with E-state index in [9.17, 15) is 23.1 Å². The van der Waals surface area contributed by atoms with Crippen LogP contribution in [0.4, 0.5) is 13.2 Å². The van der Waals surface area contributed by atoms with E-state index in [1.165, 1.54) is 12.1 Å². The highest BCUT2D eigenvalue weighted by atomic mass is 19.4. The molecule has 1 aliphatic heterocycles. The van der Waals surface area contributed by atoms with E-state index in [4.69, 9.17) is 0 Å². The lowest BCUT2D eigenvalue weighted by Crippen LogP contribution is -2.56. The molecule has 1 heterocycles. The van der Waals surface area contributed by atoms with E-state index in [0.717, 1.165) is 23.1 Å². The number of hydrogen-bond acceptors (Lipinski definition) is 3. The van der Waals surface area contributed by atoms with Crippen molar-refractivity contribution in [2.24, 2.45) is 5.10 Å². The van der Waals surface area contributed by atoms with Crippen LogP contribution in [-0.2, 0) is 6.42 Å².